The van der Waals surface area contributed by atoms with E-state index in [1.165, 1.54) is 26.2 Å². The second kappa shape index (κ2) is 10.9. The monoisotopic (exact) mass is 333 g/mol. The van der Waals surface area contributed by atoms with Crippen LogP contribution >= 0.6 is 0 Å². The molecule has 5 atom stereocenters. The topological polar surface area (TPSA) is 108 Å². The van der Waals surface area contributed by atoms with Gasteiger partial charge in [-0.05, 0) is 6.42 Å². The Kier molecular flexibility index (Phi) is 9.66. The molecule has 0 aromatic carbocycles. The maximum Gasteiger partial charge on any atom is 0.217 e. The van der Waals surface area contributed by atoms with E-state index >= 15 is 0 Å². The predicted octanol–water partition coefficient (Wildman–Crippen LogP) is 0.307. The zero-order valence-corrected chi connectivity index (χ0v) is 14.1. The SMILES string of the molecule is CCCCCCCCO[C@@H]1O[C@H]([C@H](O)CO)C(O)C1NC(C)=O. The summed E-state index contributed by atoms with van der Waals surface area (Å²) in [6.45, 7) is 3.44. The highest BCUT2D eigenvalue weighted by Crippen LogP contribution is 2.25. The molecule has 1 aliphatic heterocycles. The Morgan fingerprint density at radius 1 is 1.26 bits per heavy atom. The van der Waals surface area contributed by atoms with E-state index in [9.17, 15) is 15.0 Å². The summed E-state index contributed by atoms with van der Waals surface area (Å²) < 4.78 is 11.1. The summed E-state index contributed by atoms with van der Waals surface area (Å²) in [6, 6.07) is -0.751. The molecule has 0 aliphatic carbocycles. The van der Waals surface area contributed by atoms with Crippen molar-refractivity contribution in [1.82, 2.24) is 5.32 Å². The average molecular weight is 333 g/mol. The molecule has 0 aromatic heterocycles. The summed E-state index contributed by atoms with van der Waals surface area (Å²) in [5.41, 5.74) is 0. The van der Waals surface area contributed by atoms with Gasteiger partial charge < -0.3 is 30.1 Å². The van der Waals surface area contributed by atoms with Crippen LogP contribution in [0.15, 0.2) is 0 Å². The molecular formula is C16H31NO6. The van der Waals surface area contributed by atoms with E-state index in [0.717, 1.165) is 19.3 Å². The van der Waals surface area contributed by atoms with Crippen LogP contribution in [0.1, 0.15) is 52.4 Å². The molecule has 1 rings (SSSR count). The molecule has 0 bridgehead atoms. The van der Waals surface area contributed by atoms with Crippen molar-refractivity contribution in [3.8, 4) is 0 Å². The third-order valence-corrected chi connectivity index (χ3v) is 4.01. The second-order valence-electron chi connectivity index (χ2n) is 6.07. The van der Waals surface area contributed by atoms with Gasteiger partial charge in [0, 0.05) is 13.5 Å². The number of hydrogen-bond acceptors (Lipinski definition) is 6. The fourth-order valence-electron chi connectivity index (χ4n) is 2.72. The summed E-state index contributed by atoms with van der Waals surface area (Å²) in [4.78, 5) is 11.3. The summed E-state index contributed by atoms with van der Waals surface area (Å²) >= 11 is 0. The van der Waals surface area contributed by atoms with Crippen LogP contribution in [0, 0.1) is 0 Å². The number of amides is 1. The van der Waals surface area contributed by atoms with Gasteiger partial charge in [-0.1, -0.05) is 39.0 Å². The predicted molar refractivity (Wildman–Crippen MR) is 84.7 cm³/mol. The first-order valence-corrected chi connectivity index (χ1v) is 8.52. The number of hydrogen-bond donors (Lipinski definition) is 4. The van der Waals surface area contributed by atoms with Gasteiger partial charge in [-0.15, -0.1) is 0 Å². The van der Waals surface area contributed by atoms with Crippen molar-refractivity contribution < 1.29 is 29.6 Å². The summed E-state index contributed by atoms with van der Waals surface area (Å²) in [5.74, 6) is -0.315. The fraction of sp³-hybridized carbons (Fsp3) is 0.938. The molecule has 1 heterocycles. The molecule has 2 unspecified atom stereocenters. The van der Waals surface area contributed by atoms with Crippen molar-refractivity contribution in [2.45, 2.75) is 83.0 Å². The number of aliphatic hydroxyl groups excluding tert-OH is 3. The van der Waals surface area contributed by atoms with Gasteiger partial charge in [0.2, 0.25) is 5.91 Å². The number of carbonyl (C=O) groups excluding carboxylic acids is 1. The van der Waals surface area contributed by atoms with Gasteiger partial charge >= 0.3 is 0 Å². The van der Waals surface area contributed by atoms with Crippen LogP contribution < -0.4 is 5.32 Å². The lowest BCUT2D eigenvalue weighted by Gasteiger charge is -2.21. The van der Waals surface area contributed by atoms with Crippen molar-refractivity contribution in [3.05, 3.63) is 0 Å². The normalized spacial score (nSPS) is 28.7. The Labute approximate surface area is 138 Å². The van der Waals surface area contributed by atoms with Gasteiger partial charge in [0.15, 0.2) is 6.29 Å². The number of aliphatic hydroxyl groups is 3. The third kappa shape index (κ3) is 6.73. The van der Waals surface area contributed by atoms with Crippen molar-refractivity contribution >= 4 is 5.91 Å². The highest BCUT2D eigenvalue weighted by molar-refractivity contribution is 5.73. The molecule has 1 aliphatic rings. The van der Waals surface area contributed by atoms with Crippen LogP contribution in [0.2, 0.25) is 0 Å². The lowest BCUT2D eigenvalue weighted by atomic mass is 10.0. The van der Waals surface area contributed by atoms with Crippen LogP contribution in [0.4, 0.5) is 0 Å². The zero-order valence-electron chi connectivity index (χ0n) is 14.1. The van der Waals surface area contributed by atoms with E-state index in [1.807, 2.05) is 0 Å². The minimum absolute atomic E-state index is 0.315. The van der Waals surface area contributed by atoms with Gasteiger partial charge in [0.05, 0.1) is 6.61 Å². The van der Waals surface area contributed by atoms with E-state index in [4.69, 9.17) is 14.6 Å². The Morgan fingerprint density at radius 3 is 2.52 bits per heavy atom. The Balaban J connectivity index is 2.42. The summed E-state index contributed by atoms with van der Waals surface area (Å²) in [7, 11) is 0. The van der Waals surface area contributed by atoms with E-state index in [2.05, 4.69) is 12.2 Å². The molecule has 1 fully saturated rings. The fourth-order valence-corrected chi connectivity index (χ4v) is 2.72. The quantitative estimate of drug-likeness (QED) is 0.405. The molecule has 7 nitrogen and oxygen atoms in total. The van der Waals surface area contributed by atoms with Crippen LogP contribution in [-0.4, -0.2) is 65.1 Å². The van der Waals surface area contributed by atoms with Crippen molar-refractivity contribution in [2.75, 3.05) is 13.2 Å². The molecule has 1 saturated heterocycles. The Bertz CT molecular complexity index is 341. The van der Waals surface area contributed by atoms with Gasteiger partial charge in [-0.2, -0.15) is 0 Å². The number of carbonyl (C=O) groups is 1. The van der Waals surface area contributed by atoms with E-state index < -0.39 is 37.3 Å². The summed E-state index contributed by atoms with van der Waals surface area (Å²) in [6.07, 6.45) is 2.60. The minimum atomic E-state index is -1.22. The summed E-state index contributed by atoms with van der Waals surface area (Å²) in [5, 5.41) is 31.5. The molecule has 1 amide bonds. The molecule has 0 aromatic rings. The zero-order chi connectivity index (χ0) is 17.2. The first-order chi connectivity index (χ1) is 11.0. The van der Waals surface area contributed by atoms with Gasteiger partial charge in [-0.25, -0.2) is 0 Å². The minimum Gasteiger partial charge on any atom is -0.394 e. The third-order valence-electron chi connectivity index (χ3n) is 4.01. The van der Waals surface area contributed by atoms with Crippen LogP contribution in [0.5, 0.6) is 0 Å². The molecule has 0 spiro atoms. The molecule has 7 heteroatoms. The van der Waals surface area contributed by atoms with Crippen molar-refractivity contribution in [1.29, 1.82) is 0 Å². The lowest BCUT2D eigenvalue weighted by Crippen LogP contribution is -2.49. The highest BCUT2D eigenvalue weighted by Gasteiger charge is 2.47. The average Bonchev–Trinajstić information content (AvgIpc) is 2.82. The molecule has 0 radical (unpaired) electrons. The second-order valence-corrected chi connectivity index (χ2v) is 6.07. The van der Waals surface area contributed by atoms with Crippen LogP contribution in [0.3, 0.4) is 0 Å². The lowest BCUT2D eigenvalue weighted by molar-refractivity contribution is -0.168. The van der Waals surface area contributed by atoms with E-state index in [0.29, 0.717) is 6.61 Å². The van der Waals surface area contributed by atoms with Gasteiger partial charge in [0.1, 0.15) is 24.4 Å². The number of ether oxygens (including phenoxy) is 2. The maximum atomic E-state index is 11.3. The largest absolute Gasteiger partial charge is 0.394 e. The van der Waals surface area contributed by atoms with E-state index in [1.54, 1.807) is 0 Å². The number of rotatable bonds is 11. The molecule has 23 heavy (non-hydrogen) atoms. The Hall–Kier alpha value is -0.730. The molecular weight excluding hydrogens is 302 g/mol. The van der Waals surface area contributed by atoms with Crippen molar-refractivity contribution in [3.63, 3.8) is 0 Å². The first kappa shape index (κ1) is 20.3. The highest BCUT2D eigenvalue weighted by atomic mass is 16.7. The van der Waals surface area contributed by atoms with Gasteiger partial charge in [-0.3, -0.25) is 4.79 Å². The van der Waals surface area contributed by atoms with Crippen LogP contribution in [0.25, 0.3) is 0 Å². The van der Waals surface area contributed by atoms with Crippen molar-refractivity contribution in [2.24, 2.45) is 0 Å². The van der Waals surface area contributed by atoms with Gasteiger partial charge in [0.25, 0.3) is 0 Å². The van der Waals surface area contributed by atoms with E-state index in [-0.39, 0.29) is 5.91 Å². The molecule has 0 saturated carbocycles. The molecule has 136 valence electrons. The van der Waals surface area contributed by atoms with Crippen LogP contribution in [-0.2, 0) is 14.3 Å². The number of nitrogens with one attached hydrogen (secondary N) is 1. The molecule has 4 N–H and O–H groups in total. The Morgan fingerprint density at radius 2 is 1.91 bits per heavy atom. The smallest absolute Gasteiger partial charge is 0.217 e. The maximum absolute atomic E-state index is 11.3. The number of unbranched alkanes of at least 4 members (excludes halogenated alkanes) is 5. The standard InChI is InChI=1S/C16H31NO6/c1-3-4-5-6-7-8-9-22-16-13(17-11(2)19)14(21)15(23-16)12(20)10-18/h12-16,18,20-21H,3-10H2,1-2H3,(H,17,19)/t12-,13?,14?,15-,16-/m1/s1. The first-order valence-electron chi connectivity index (χ1n) is 8.52.